The van der Waals surface area contributed by atoms with Crippen molar-refractivity contribution in [1.29, 1.82) is 0 Å². The highest BCUT2D eigenvalue weighted by Gasteiger charge is 2.45. The first-order chi connectivity index (χ1) is 11.2. The second-order valence-corrected chi connectivity index (χ2v) is 6.64. The van der Waals surface area contributed by atoms with Crippen LogP contribution in [0.4, 0.5) is 10.1 Å². The van der Waals surface area contributed by atoms with Crippen molar-refractivity contribution in [2.24, 2.45) is 0 Å². The molecular formula is C18H21FN2O2. The number of furan rings is 1. The molecular weight excluding hydrogens is 295 g/mol. The van der Waals surface area contributed by atoms with E-state index in [0.717, 1.165) is 38.2 Å². The van der Waals surface area contributed by atoms with Gasteiger partial charge in [0, 0.05) is 37.3 Å². The summed E-state index contributed by atoms with van der Waals surface area (Å²) in [6, 6.07) is 8.87. The fourth-order valence-electron chi connectivity index (χ4n) is 3.74. The van der Waals surface area contributed by atoms with E-state index in [1.165, 1.54) is 17.7 Å². The van der Waals surface area contributed by atoms with Gasteiger partial charge in [-0.1, -0.05) is 6.07 Å². The third-order valence-electron chi connectivity index (χ3n) is 4.79. The Kier molecular flexibility index (Phi) is 3.83. The van der Waals surface area contributed by atoms with E-state index in [0.29, 0.717) is 6.61 Å². The molecule has 2 aliphatic heterocycles. The summed E-state index contributed by atoms with van der Waals surface area (Å²) >= 11 is 0. The third-order valence-corrected chi connectivity index (χ3v) is 4.79. The zero-order valence-electron chi connectivity index (χ0n) is 13.0. The Labute approximate surface area is 135 Å². The van der Waals surface area contributed by atoms with Gasteiger partial charge in [-0.3, -0.25) is 4.90 Å². The second-order valence-electron chi connectivity index (χ2n) is 6.64. The number of hydrogen-bond acceptors (Lipinski definition) is 4. The van der Waals surface area contributed by atoms with Crippen LogP contribution in [0.1, 0.15) is 18.4 Å². The zero-order valence-corrected chi connectivity index (χ0v) is 13.0. The molecule has 23 heavy (non-hydrogen) atoms. The molecule has 3 heterocycles. The molecule has 0 bridgehead atoms. The van der Waals surface area contributed by atoms with Crippen LogP contribution in [0.2, 0.25) is 0 Å². The number of halogens is 1. The van der Waals surface area contributed by atoms with Crippen LogP contribution in [-0.4, -0.2) is 36.2 Å². The van der Waals surface area contributed by atoms with Gasteiger partial charge in [-0.25, -0.2) is 4.39 Å². The summed E-state index contributed by atoms with van der Waals surface area (Å²) in [6.45, 7) is 3.57. The SMILES string of the molecule is Fc1cccc(N[C@@H]2CO[C@]3(CCN(Cc4ccoc4)C3)C2)c1. The Bertz CT molecular complexity index is 661. The quantitative estimate of drug-likeness (QED) is 0.939. The van der Waals surface area contributed by atoms with Crippen molar-refractivity contribution in [2.75, 3.05) is 25.0 Å². The van der Waals surface area contributed by atoms with Crippen LogP contribution in [0.5, 0.6) is 0 Å². The first kappa shape index (κ1) is 14.7. The highest BCUT2D eigenvalue weighted by Crippen LogP contribution is 2.36. The molecule has 4 rings (SSSR count). The predicted octanol–water partition coefficient (Wildman–Crippen LogP) is 3.26. The monoisotopic (exact) mass is 316 g/mol. The summed E-state index contributed by atoms with van der Waals surface area (Å²) in [5.41, 5.74) is 1.97. The molecule has 2 aliphatic rings. The van der Waals surface area contributed by atoms with E-state index in [1.807, 2.05) is 12.1 Å². The lowest BCUT2D eigenvalue weighted by atomic mass is 9.97. The number of anilines is 1. The molecule has 2 fully saturated rings. The highest BCUT2D eigenvalue weighted by atomic mass is 19.1. The van der Waals surface area contributed by atoms with Gasteiger partial charge in [-0.05, 0) is 30.7 Å². The summed E-state index contributed by atoms with van der Waals surface area (Å²) < 4.78 is 24.6. The zero-order chi connectivity index (χ0) is 15.7. The van der Waals surface area contributed by atoms with Crippen molar-refractivity contribution >= 4 is 5.69 Å². The third kappa shape index (κ3) is 3.26. The lowest BCUT2D eigenvalue weighted by Gasteiger charge is -2.23. The van der Waals surface area contributed by atoms with Gasteiger partial charge >= 0.3 is 0 Å². The average Bonchev–Trinajstić information content (AvgIpc) is 3.24. The maximum atomic E-state index is 13.3. The van der Waals surface area contributed by atoms with Gasteiger partial charge in [0.05, 0.1) is 30.8 Å². The molecule has 5 heteroatoms. The summed E-state index contributed by atoms with van der Waals surface area (Å²) in [4.78, 5) is 2.41. The minimum absolute atomic E-state index is 0.0608. The summed E-state index contributed by atoms with van der Waals surface area (Å²) in [5, 5.41) is 3.39. The Balaban J connectivity index is 1.34. The van der Waals surface area contributed by atoms with Crippen LogP contribution >= 0.6 is 0 Å². The molecule has 122 valence electrons. The van der Waals surface area contributed by atoms with E-state index >= 15 is 0 Å². The van der Waals surface area contributed by atoms with Crippen molar-refractivity contribution < 1.29 is 13.5 Å². The van der Waals surface area contributed by atoms with Crippen LogP contribution < -0.4 is 5.32 Å². The predicted molar refractivity (Wildman–Crippen MR) is 85.7 cm³/mol. The van der Waals surface area contributed by atoms with Gasteiger partial charge in [0.1, 0.15) is 5.82 Å². The maximum Gasteiger partial charge on any atom is 0.125 e. The molecule has 1 aromatic heterocycles. The van der Waals surface area contributed by atoms with Gasteiger partial charge < -0.3 is 14.5 Å². The van der Waals surface area contributed by atoms with Crippen LogP contribution in [0.25, 0.3) is 0 Å². The molecule has 1 aromatic carbocycles. The normalized spacial score (nSPS) is 27.8. The van der Waals surface area contributed by atoms with Gasteiger partial charge in [-0.15, -0.1) is 0 Å². The first-order valence-electron chi connectivity index (χ1n) is 8.10. The Morgan fingerprint density at radius 2 is 2.30 bits per heavy atom. The Morgan fingerprint density at radius 1 is 1.35 bits per heavy atom. The largest absolute Gasteiger partial charge is 0.472 e. The molecule has 0 amide bonds. The van der Waals surface area contributed by atoms with Crippen LogP contribution in [0.3, 0.4) is 0 Å². The standard InChI is InChI=1S/C18H21FN2O2/c19-15-2-1-3-16(8-15)20-17-9-18(23-12-17)5-6-21(13-18)10-14-4-7-22-11-14/h1-4,7-8,11,17,20H,5-6,9-10,12-13H2/t17-,18+/m0/s1. The van der Waals surface area contributed by atoms with Crippen molar-refractivity contribution in [3.63, 3.8) is 0 Å². The van der Waals surface area contributed by atoms with Crippen molar-refractivity contribution in [3.05, 3.63) is 54.2 Å². The molecule has 0 radical (unpaired) electrons. The minimum atomic E-state index is -0.212. The van der Waals surface area contributed by atoms with Crippen molar-refractivity contribution in [3.8, 4) is 0 Å². The van der Waals surface area contributed by atoms with E-state index < -0.39 is 0 Å². The number of likely N-dealkylation sites (tertiary alicyclic amines) is 1. The number of ether oxygens (including phenoxy) is 1. The lowest BCUT2D eigenvalue weighted by molar-refractivity contribution is 0.0120. The van der Waals surface area contributed by atoms with Crippen LogP contribution in [0, 0.1) is 5.82 Å². The molecule has 2 saturated heterocycles. The number of rotatable bonds is 4. The average molecular weight is 316 g/mol. The molecule has 1 N–H and O–H groups in total. The highest BCUT2D eigenvalue weighted by molar-refractivity contribution is 5.44. The number of benzene rings is 1. The Hall–Kier alpha value is -1.85. The van der Waals surface area contributed by atoms with Gasteiger partial charge in [0.2, 0.25) is 0 Å². The second kappa shape index (κ2) is 5.98. The molecule has 4 nitrogen and oxygen atoms in total. The number of hydrogen-bond donors (Lipinski definition) is 1. The molecule has 2 aromatic rings. The van der Waals surface area contributed by atoms with Gasteiger partial charge in [0.25, 0.3) is 0 Å². The van der Waals surface area contributed by atoms with E-state index in [1.54, 1.807) is 18.6 Å². The molecule has 0 aliphatic carbocycles. The van der Waals surface area contributed by atoms with Crippen LogP contribution in [0.15, 0.2) is 47.3 Å². The van der Waals surface area contributed by atoms with E-state index in [2.05, 4.69) is 10.2 Å². The smallest absolute Gasteiger partial charge is 0.125 e. The minimum Gasteiger partial charge on any atom is -0.472 e. The van der Waals surface area contributed by atoms with E-state index in [9.17, 15) is 4.39 Å². The molecule has 2 atom stereocenters. The number of nitrogens with zero attached hydrogens (tertiary/aromatic N) is 1. The summed E-state index contributed by atoms with van der Waals surface area (Å²) in [7, 11) is 0. The van der Waals surface area contributed by atoms with E-state index in [-0.39, 0.29) is 17.5 Å². The van der Waals surface area contributed by atoms with Crippen molar-refractivity contribution in [2.45, 2.75) is 31.0 Å². The molecule has 0 saturated carbocycles. The fourth-order valence-corrected chi connectivity index (χ4v) is 3.74. The van der Waals surface area contributed by atoms with E-state index in [4.69, 9.17) is 9.15 Å². The van der Waals surface area contributed by atoms with Gasteiger partial charge in [-0.2, -0.15) is 0 Å². The van der Waals surface area contributed by atoms with Crippen LogP contribution in [-0.2, 0) is 11.3 Å². The number of nitrogens with one attached hydrogen (secondary N) is 1. The summed E-state index contributed by atoms with van der Waals surface area (Å²) in [5.74, 6) is -0.212. The van der Waals surface area contributed by atoms with Crippen molar-refractivity contribution in [1.82, 2.24) is 4.90 Å². The topological polar surface area (TPSA) is 37.6 Å². The Morgan fingerprint density at radius 3 is 3.13 bits per heavy atom. The fraction of sp³-hybridized carbons (Fsp3) is 0.444. The maximum absolute atomic E-state index is 13.3. The molecule has 0 unspecified atom stereocenters. The lowest BCUT2D eigenvalue weighted by Crippen LogP contribution is -2.33. The first-order valence-corrected chi connectivity index (χ1v) is 8.10. The molecule has 1 spiro atoms. The summed E-state index contributed by atoms with van der Waals surface area (Å²) in [6.07, 6.45) is 5.53. The van der Waals surface area contributed by atoms with Gasteiger partial charge in [0.15, 0.2) is 0 Å².